The summed E-state index contributed by atoms with van der Waals surface area (Å²) in [5.74, 6) is -0.673. The lowest BCUT2D eigenvalue weighted by Gasteiger charge is -2.25. The number of carbonyl (C=O) groups is 1. The van der Waals surface area contributed by atoms with Gasteiger partial charge in [-0.1, -0.05) is 13.8 Å². The summed E-state index contributed by atoms with van der Waals surface area (Å²) in [6, 6.07) is 4.62. The van der Waals surface area contributed by atoms with E-state index in [1.165, 1.54) is 18.2 Å². The first-order chi connectivity index (χ1) is 9.47. The van der Waals surface area contributed by atoms with Crippen LogP contribution < -0.4 is 11.1 Å². The second-order valence-electron chi connectivity index (χ2n) is 4.99. The third-order valence-corrected chi connectivity index (χ3v) is 3.52. The third kappa shape index (κ3) is 4.81. The molecule has 0 bridgehead atoms. The van der Waals surface area contributed by atoms with Gasteiger partial charge in [0.1, 0.15) is 5.82 Å². The van der Waals surface area contributed by atoms with Gasteiger partial charge in [-0.05, 0) is 38.1 Å². The Labute approximate surface area is 120 Å². The number of amides is 1. The van der Waals surface area contributed by atoms with Gasteiger partial charge in [0.25, 0.3) is 0 Å². The van der Waals surface area contributed by atoms with Crippen molar-refractivity contribution in [3.63, 3.8) is 0 Å². The Morgan fingerprint density at radius 1 is 1.40 bits per heavy atom. The number of carbonyl (C=O) groups excluding carboxylic acids is 1. The Morgan fingerprint density at radius 2 is 2.05 bits per heavy atom. The fourth-order valence-corrected chi connectivity index (χ4v) is 2.22. The summed E-state index contributed by atoms with van der Waals surface area (Å²) in [5.41, 5.74) is 6.14. The largest absolute Gasteiger partial charge is 0.399 e. The molecule has 0 fully saturated rings. The molecule has 20 heavy (non-hydrogen) atoms. The van der Waals surface area contributed by atoms with Gasteiger partial charge >= 0.3 is 0 Å². The van der Waals surface area contributed by atoms with Gasteiger partial charge in [0.05, 0.1) is 5.69 Å². The summed E-state index contributed by atoms with van der Waals surface area (Å²) in [4.78, 5) is 14.0. The van der Waals surface area contributed by atoms with Gasteiger partial charge in [0.2, 0.25) is 5.91 Å². The van der Waals surface area contributed by atoms with E-state index in [0.29, 0.717) is 24.7 Å². The fraction of sp³-hybridized carbons (Fsp3) is 0.533. The Morgan fingerprint density at radius 3 is 2.65 bits per heavy atom. The number of halogens is 1. The maximum absolute atomic E-state index is 13.5. The molecule has 0 unspecified atom stereocenters. The van der Waals surface area contributed by atoms with Crippen molar-refractivity contribution in [2.75, 3.05) is 24.6 Å². The molecular weight excluding hydrogens is 257 g/mol. The minimum Gasteiger partial charge on any atom is -0.399 e. The molecule has 0 atom stereocenters. The monoisotopic (exact) mass is 281 g/mol. The molecule has 0 radical (unpaired) electrons. The molecule has 0 aromatic heterocycles. The van der Waals surface area contributed by atoms with Crippen molar-refractivity contribution in [2.24, 2.45) is 0 Å². The van der Waals surface area contributed by atoms with E-state index in [2.05, 4.69) is 24.1 Å². The number of benzene rings is 1. The molecule has 1 amide bonds. The number of anilines is 2. The van der Waals surface area contributed by atoms with Crippen molar-refractivity contribution in [1.29, 1.82) is 0 Å². The average molecular weight is 281 g/mol. The quantitative estimate of drug-likeness (QED) is 0.756. The number of hydrogen-bond donors (Lipinski definition) is 2. The van der Waals surface area contributed by atoms with Crippen LogP contribution in [0.2, 0.25) is 0 Å². The van der Waals surface area contributed by atoms with E-state index in [9.17, 15) is 9.18 Å². The number of nitrogens with two attached hydrogens (primary N) is 1. The summed E-state index contributed by atoms with van der Waals surface area (Å²) >= 11 is 0. The van der Waals surface area contributed by atoms with E-state index in [1.54, 1.807) is 0 Å². The summed E-state index contributed by atoms with van der Waals surface area (Å²) in [6.45, 7) is 4.92. The molecule has 0 aliphatic heterocycles. The fourth-order valence-electron chi connectivity index (χ4n) is 2.22. The highest BCUT2D eigenvalue weighted by atomic mass is 19.1. The number of rotatable bonds is 7. The van der Waals surface area contributed by atoms with Crippen molar-refractivity contribution < 1.29 is 9.18 Å². The highest BCUT2D eigenvalue weighted by molar-refractivity contribution is 5.91. The zero-order chi connectivity index (χ0) is 15.1. The zero-order valence-corrected chi connectivity index (χ0v) is 12.4. The van der Waals surface area contributed by atoms with Crippen molar-refractivity contribution >= 4 is 17.3 Å². The maximum atomic E-state index is 13.5. The molecule has 3 N–H and O–H groups in total. The van der Waals surface area contributed by atoms with E-state index in [4.69, 9.17) is 5.73 Å². The molecule has 112 valence electrons. The Balaban J connectivity index is 2.50. The summed E-state index contributed by atoms with van der Waals surface area (Å²) in [7, 11) is 2.01. The SMILES string of the molecule is CCC(CC)N(C)CCC(=O)Nc1cc(N)ccc1F. The molecule has 0 saturated heterocycles. The van der Waals surface area contributed by atoms with Gasteiger partial charge < -0.3 is 16.0 Å². The highest BCUT2D eigenvalue weighted by Crippen LogP contribution is 2.17. The summed E-state index contributed by atoms with van der Waals surface area (Å²) in [5, 5.41) is 2.56. The van der Waals surface area contributed by atoms with Crippen molar-refractivity contribution in [1.82, 2.24) is 4.90 Å². The van der Waals surface area contributed by atoms with Gasteiger partial charge in [0, 0.05) is 24.7 Å². The van der Waals surface area contributed by atoms with Crippen LogP contribution in [0.4, 0.5) is 15.8 Å². The lowest BCUT2D eigenvalue weighted by Crippen LogP contribution is -2.33. The zero-order valence-electron chi connectivity index (χ0n) is 12.4. The third-order valence-electron chi connectivity index (χ3n) is 3.52. The molecule has 1 aromatic carbocycles. The normalized spacial score (nSPS) is 11.1. The molecular formula is C15H24FN3O. The molecule has 1 aromatic rings. The first kappa shape index (κ1) is 16.4. The Hall–Kier alpha value is -1.62. The Kier molecular flexibility index (Phi) is 6.45. The maximum Gasteiger partial charge on any atom is 0.225 e. The lowest BCUT2D eigenvalue weighted by atomic mass is 10.1. The molecule has 5 heteroatoms. The molecule has 0 aliphatic carbocycles. The topological polar surface area (TPSA) is 58.4 Å². The van der Waals surface area contributed by atoms with Gasteiger partial charge in [-0.2, -0.15) is 0 Å². The van der Waals surface area contributed by atoms with Gasteiger partial charge in [-0.15, -0.1) is 0 Å². The smallest absolute Gasteiger partial charge is 0.225 e. The average Bonchev–Trinajstić information content (AvgIpc) is 2.42. The summed E-state index contributed by atoms with van der Waals surface area (Å²) in [6.07, 6.45) is 2.44. The summed E-state index contributed by atoms with van der Waals surface area (Å²) < 4.78 is 13.5. The van der Waals surface area contributed by atoms with Crippen LogP contribution in [0.1, 0.15) is 33.1 Å². The number of hydrogen-bond acceptors (Lipinski definition) is 3. The van der Waals surface area contributed by atoms with Crippen molar-refractivity contribution in [3.8, 4) is 0 Å². The minimum absolute atomic E-state index is 0.139. The number of nitrogen functional groups attached to an aromatic ring is 1. The van der Waals surface area contributed by atoms with Crippen LogP contribution in [0.15, 0.2) is 18.2 Å². The van der Waals surface area contributed by atoms with E-state index in [1.807, 2.05) is 7.05 Å². The molecule has 4 nitrogen and oxygen atoms in total. The predicted octanol–water partition coefficient (Wildman–Crippen LogP) is 2.86. The predicted molar refractivity (Wildman–Crippen MR) is 81.1 cm³/mol. The standard InChI is InChI=1S/C15H24FN3O/c1-4-12(5-2)19(3)9-8-15(20)18-14-10-11(17)6-7-13(14)16/h6-7,10,12H,4-5,8-9,17H2,1-3H3,(H,18,20). The number of nitrogens with zero attached hydrogens (tertiary/aromatic N) is 1. The molecule has 0 spiro atoms. The van der Waals surface area contributed by atoms with E-state index < -0.39 is 5.82 Å². The highest BCUT2D eigenvalue weighted by Gasteiger charge is 2.13. The second-order valence-corrected chi connectivity index (χ2v) is 4.99. The minimum atomic E-state index is -0.471. The molecule has 0 saturated carbocycles. The van der Waals surface area contributed by atoms with Crippen molar-refractivity contribution in [3.05, 3.63) is 24.0 Å². The van der Waals surface area contributed by atoms with Crippen LogP contribution in [0.3, 0.4) is 0 Å². The first-order valence-electron chi connectivity index (χ1n) is 7.03. The lowest BCUT2D eigenvalue weighted by molar-refractivity contribution is -0.116. The van der Waals surface area contributed by atoms with Crippen molar-refractivity contribution in [2.45, 2.75) is 39.2 Å². The van der Waals surface area contributed by atoms with E-state index in [-0.39, 0.29) is 11.6 Å². The molecule has 0 heterocycles. The van der Waals surface area contributed by atoms with Crippen LogP contribution in [0.25, 0.3) is 0 Å². The second kappa shape index (κ2) is 7.85. The van der Waals surface area contributed by atoms with Gasteiger partial charge in [-0.3, -0.25) is 4.79 Å². The first-order valence-corrected chi connectivity index (χ1v) is 7.03. The van der Waals surface area contributed by atoms with E-state index in [0.717, 1.165) is 12.8 Å². The Bertz CT molecular complexity index is 447. The van der Waals surface area contributed by atoms with Crippen LogP contribution in [-0.2, 0) is 4.79 Å². The van der Waals surface area contributed by atoms with Crippen LogP contribution in [0.5, 0.6) is 0 Å². The molecule has 0 aliphatic rings. The molecule has 1 rings (SSSR count). The number of nitrogens with one attached hydrogen (secondary N) is 1. The van der Waals surface area contributed by atoms with Gasteiger partial charge in [0.15, 0.2) is 0 Å². The van der Waals surface area contributed by atoms with E-state index >= 15 is 0 Å². The van der Waals surface area contributed by atoms with Crippen LogP contribution in [0, 0.1) is 5.82 Å². The van der Waals surface area contributed by atoms with Crippen LogP contribution in [-0.4, -0.2) is 30.4 Å². The van der Waals surface area contributed by atoms with Crippen LogP contribution >= 0.6 is 0 Å². The van der Waals surface area contributed by atoms with Gasteiger partial charge in [-0.25, -0.2) is 4.39 Å².